The summed E-state index contributed by atoms with van der Waals surface area (Å²) in [6.45, 7) is 2.85. The van der Waals surface area contributed by atoms with Crippen molar-refractivity contribution in [2.75, 3.05) is 36.9 Å². The number of fused-ring (bicyclic) bond motifs is 1. The van der Waals surface area contributed by atoms with Gasteiger partial charge in [0, 0.05) is 31.7 Å². The van der Waals surface area contributed by atoms with Gasteiger partial charge in [0.15, 0.2) is 0 Å². The van der Waals surface area contributed by atoms with E-state index < -0.39 is 0 Å². The molecule has 2 N–H and O–H groups in total. The first kappa shape index (κ1) is 18.6. The van der Waals surface area contributed by atoms with Gasteiger partial charge >= 0.3 is 0 Å². The quantitative estimate of drug-likeness (QED) is 0.837. The molecule has 3 heterocycles. The van der Waals surface area contributed by atoms with Gasteiger partial charge in [0.2, 0.25) is 5.91 Å². The highest BCUT2D eigenvalue weighted by Gasteiger charge is 2.32. The Morgan fingerprint density at radius 2 is 2.14 bits per heavy atom. The Bertz CT molecular complexity index is 854. The molecule has 0 saturated carbocycles. The second kappa shape index (κ2) is 8.10. The van der Waals surface area contributed by atoms with Crippen LogP contribution in [0.2, 0.25) is 0 Å². The maximum atomic E-state index is 14.0. The van der Waals surface area contributed by atoms with Crippen LogP contribution in [0.25, 0.3) is 0 Å². The van der Waals surface area contributed by atoms with Crippen molar-refractivity contribution < 1.29 is 9.18 Å². The number of likely N-dealkylation sites (N-methyl/N-ethyl adjacent to an activating group) is 1. The predicted molar refractivity (Wildman–Crippen MR) is 105 cm³/mol. The Hall–Kier alpha value is -2.74. The number of benzene rings is 1. The van der Waals surface area contributed by atoms with Crippen molar-refractivity contribution in [3.8, 4) is 0 Å². The predicted octanol–water partition coefficient (Wildman–Crippen LogP) is 1.76. The summed E-state index contributed by atoms with van der Waals surface area (Å²) in [6.07, 6.45) is 3.53. The van der Waals surface area contributed by atoms with E-state index in [0.717, 1.165) is 37.3 Å². The Balaban J connectivity index is 1.61. The van der Waals surface area contributed by atoms with Gasteiger partial charge in [-0.25, -0.2) is 14.4 Å². The standard InChI is InChI=1S/C20H25FN6O/c1-26-12-18(28)27(15-6-4-8-22-10-15)11-16-19(24-13-25-20(16)26)23-9-14-5-2-3-7-17(14)21/h2-3,5,7,13,15,22H,4,6,8-12H2,1H3,(H,23,24,25). The van der Waals surface area contributed by atoms with Crippen LogP contribution < -0.4 is 15.5 Å². The molecule has 2 aliphatic heterocycles. The lowest BCUT2D eigenvalue weighted by atomic mass is 10.0. The first-order valence-corrected chi connectivity index (χ1v) is 9.66. The van der Waals surface area contributed by atoms with E-state index in [1.54, 1.807) is 12.1 Å². The van der Waals surface area contributed by atoms with E-state index in [4.69, 9.17) is 0 Å². The maximum absolute atomic E-state index is 14.0. The van der Waals surface area contributed by atoms with Gasteiger partial charge in [-0.2, -0.15) is 0 Å². The molecule has 0 bridgehead atoms. The summed E-state index contributed by atoms with van der Waals surface area (Å²) >= 11 is 0. The fourth-order valence-corrected chi connectivity index (χ4v) is 3.91. The average molecular weight is 384 g/mol. The maximum Gasteiger partial charge on any atom is 0.242 e. The van der Waals surface area contributed by atoms with E-state index >= 15 is 0 Å². The average Bonchev–Trinajstić information content (AvgIpc) is 2.84. The number of amides is 1. The number of rotatable bonds is 4. The monoisotopic (exact) mass is 384 g/mol. The van der Waals surface area contributed by atoms with E-state index in [0.29, 0.717) is 24.5 Å². The molecule has 1 aromatic carbocycles. The van der Waals surface area contributed by atoms with Gasteiger partial charge in [-0.15, -0.1) is 0 Å². The van der Waals surface area contributed by atoms with Crippen molar-refractivity contribution in [1.82, 2.24) is 20.2 Å². The number of anilines is 2. The molecule has 8 heteroatoms. The summed E-state index contributed by atoms with van der Waals surface area (Å²) in [6, 6.07) is 6.84. The van der Waals surface area contributed by atoms with Crippen LogP contribution in [0.3, 0.4) is 0 Å². The molecular formula is C20H25FN6O. The zero-order valence-corrected chi connectivity index (χ0v) is 16.0. The number of carbonyl (C=O) groups excluding carboxylic acids is 1. The number of aromatic nitrogens is 2. The third kappa shape index (κ3) is 3.77. The van der Waals surface area contributed by atoms with Crippen molar-refractivity contribution in [3.05, 3.63) is 47.5 Å². The Kier molecular flexibility index (Phi) is 5.38. The number of nitrogens with one attached hydrogen (secondary N) is 2. The van der Waals surface area contributed by atoms with Crippen molar-refractivity contribution in [2.24, 2.45) is 0 Å². The number of halogens is 1. The van der Waals surface area contributed by atoms with E-state index in [1.165, 1.54) is 12.4 Å². The molecule has 1 saturated heterocycles. The summed E-state index contributed by atoms with van der Waals surface area (Å²) in [5.74, 6) is 1.22. The fraction of sp³-hybridized carbons (Fsp3) is 0.450. The normalized spacial score (nSPS) is 19.9. The number of carbonyl (C=O) groups is 1. The molecule has 148 valence electrons. The van der Waals surface area contributed by atoms with Crippen LogP contribution in [-0.2, 0) is 17.9 Å². The summed E-state index contributed by atoms with van der Waals surface area (Å²) < 4.78 is 14.0. The van der Waals surface area contributed by atoms with Gasteiger partial charge in [0.05, 0.1) is 18.7 Å². The summed E-state index contributed by atoms with van der Waals surface area (Å²) in [7, 11) is 1.87. The molecular weight excluding hydrogens is 359 g/mol. The molecule has 1 aromatic heterocycles. The molecule has 0 spiro atoms. The lowest BCUT2D eigenvalue weighted by Crippen LogP contribution is -2.49. The van der Waals surface area contributed by atoms with Gasteiger partial charge in [-0.3, -0.25) is 4.79 Å². The van der Waals surface area contributed by atoms with Crippen LogP contribution in [0, 0.1) is 5.82 Å². The molecule has 2 aliphatic rings. The highest BCUT2D eigenvalue weighted by Crippen LogP contribution is 2.29. The largest absolute Gasteiger partial charge is 0.365 e. The van der Waals surface area contributed by atoms with Gasteiger partial charge in [0.25, 0.3) is 0 Å². The first-order valence-electron chi connectivity index (χ1n) is 9.66. The molecule has 28 heavy (non-hydrogen) atoms. The van der Waals surface area contributed by atoms with Crippen LogP contribution in [0.5, 0.6) is 0 Å². The highest BCUT2D eigenvalue weighted by atomic mass is 19.1. The van der Waals surface area contributed by atoms with Crippen molar-refractivity contribution in [1.29, 1.82) is 0 Å². The Morgan fingerprint density at radius 1 is 1.29 bits per heavy atom. The smallest absolute Gasteiger partial charge is 0.242 e. The van der Waals surface area contributed by atoms with E-state index in [1.807, 2.05) is 22.9 Å². The van der Waals surface area contributed by atoms with E-state index in [9.17, 15) is 9.18 Å². The second-order valence-corrected chi connectivity index (χ2v) is 7.35. The van der Waals surface area contributed by atoms with Crippen LogP contribution in [-0.4, -0.2) is 53.5 Å². The summed E-state index contributed by atoms with van der Waals surface area (Å²) in [5.41, 5.74) is 1.44. The zero-order chi connectivity index (χ0) is 19.5. The number of piperidine rings is 1. The van der Waals surface area contributed by atoms with E-state index in [2.05, 4.69) is 20.6 Å². The third-order valence-electron chi connectivity index (χ3n) is 5.42. The molecule has 7 nitrogen and oxygen atoms in total. The SMILES string of the molecule is CN1CC(=O)N(C2CCCNC2)Cc2c(NCc3ccccc3F)ncnc21. The third-order valence-corrected chi connectivity index (χ3v) is 5.42. The van der Waals surface area contributed by atoms with Gasteiger partial charge in [-0.05, 0) is 25.5 Å². The molecule has 0 aliphatic carbocycles. The molecule has 2 aromatic rings. The Morgan fingerprint density at radius 3 is 2.93 bits per heavy atom. The number of hydrogen-bond acceptors (Lipinski definition) is 6. The fourth-order valence-electron chi connectivity index (χ4n) is 3.91. The topological polar surface area (TPSA) is 73.4 Å². The van der Waals surface area contributed by atoms with Crippen LogP contribution in [0.4, 0.5) is 16.0 Å². The van der Waals surface area contributed by atoms with Crippen molar-refractivity contribution >= 4 is 17.5 Å². The van der Waals surface area contributed by atoms with Gasteiger partial charge < -0.3 is 20.4 Å². The molecule has 1 unspecified atom stereocenters. The van der Waals surface area contributed by atoms with Gasteiger partial charge in [-0.1, -0.05) is 18.2 Å². The highest BCUT2D eigenvalue weighted by molar-refractivity contribution is 5.84. The Labute approximate surface area is 164 Å². The minimum absolute atomic E-state index is 0.0919. The summed E-state index contributed by atoms with van der Waals surface area (Å²) in [4.78, 5) is 25.5. The second-order valence-electron chi connectivity index (χ2n) is 7.35. The van der Waals surface area contributed by atoms with Crippen LogP contribution >= 0.6 is 0 Å². The minimum Gasteiger partial charge on any atom is -0.365 e. The van der Waals surface area contributed by atoms with Crippen LogP contribution in [0.15, 0.2) is 30.6 Å². The van der Waals surface area contributed by atoms with Crippen molar-refractivity contribution in [2.45, 2.75) is 32.0 Å². The molecule has 4 rings (SSSR count). The lowest BCUT2D eigenvalue weighted by Gasteiger charge is -2.34. The minimum atomic E-state index is -0.252. The van der Waals surface area contributed by atoms with Gasteiger partial charge in [0.1, 0.15) is 23.8 Å². The number of nitrogens with zero attached hydrogens (tertiary/aromatic N) is 4. The van der Waals surface area contributed by atoms with Crippen LogP contribution in [0.1, 0.15) is 24.0 Å². The zero-order valence-electron chi connectivity index (χ0n) is 16.0. The van der Waals surface area contributed by atoms with E-state index in [-0.39, 0.29) is 24.3 Å². The molecule has 1 atom stereocenters. The summed E-state index contributed by atoms with van der Waals surface area (Å²) in [5, 5.41) is 6.62. The molecule has 1 fully saturated rings. The number of hydrogen-bond donors (Lipinski definition) is 2. The first-order chi connectivity index (χ1) is 13.6. The lowest BCUT2D eigenvalue weighted by molar-refractivity contribution is -0.132. The molecule has 1 amide bonds. The molecule has 0 radical (unpaired) electrons. The van der Waals surface area contributed by atoms with Crippen molar-refractivity contribution in [3.63, 3.8) is 0 Å².